The number of hydrogen-bond donors (Lipinski definition) is 1. The fraction of sp³-hybridized carbons (Fsp3) is 0.207. The molecule has 190 valence electrons. The lowest BCUT2D eigenvalue weighted by molar-refractivity contribution is 0.276. The highest BCUT2D eigenvalue weighted by Crippen LogP contribution is 2.31. The molecule has 0 bridgehead atoms. The molecule has 3 aromatic carbocycles. The maximum atomic E-state index is 13.2. The zero-order chi connectivity index (χ0) is 25.8. The maximum Gasteiger partial charge on any atom is 0.264 e. The van der Waals surface area contributed by atoms with E-state index >= 15 is 0 Å². The van der Waals surface area contributed by atoms with Crippen molar-refractivity contribution in [2.75, 3.05) is 30.9 Å². The van der Waals surface area contributed by atoms with Crippen LogP contribution in [0.15, 0.2) is 96.5 Å². The van der Waals surface area contributed by atoms with Crippen molar-refractivity contribution in [2.45, 2.75) is 17.9 Å². The van der Waals surface area contributed by atoms with Gasteiger partial charge in [-0.25, -0.2) is 8.42 Å². The average molecular weight is 533 g/mol. The number of sulfonamides is 1. The summed E-state index contributed by atoms with van der Waals surface area (Å²) in [5.41, 5.74) is 3.78. The molecule has 0 atom stereocenters. The van der Waals surface area contributed by atoms with E-state index in [-0.39, 0.29) is 4.90 Å². The van der Waals surface area contributed by atoms with E-state index in [1.54, 1.807) is 36.5 Å². The molecular formula is C29H29ClN4O2S. The normalized spacial score (nSPS) is 14.9. The Labute approximate surface area is 223 Å². The largest absolute Gasteiger partial charge is 0.370 e. The molecule has 0 unspecified atom stereocenters. The molecule has 6 nitrogen and oxygen atoms in total. The Morgan fingerprint density at radius 2 is 1.76 bits per heavy atom. The Morgan fingerprint density at radius 1 is 0.946 bits per heavy atom. The van der Waals surface area contributed by atoms with Crippen LogP contribution >= 0.6 is 11.6 Å². The van der Waals surface area contributed by atoms with Crippen LogP contribution in [-0.2, 0) is 16.6 Å². The van der Waals surface area contributed by atoms with Gasteiger partial charge in [0.05, 0.1) is 16.2 Å². The van der Waals surface area contributed by atoms with Crippen molar-refractivity contribution in [1.82, 2.24) is 14.8 Å². The van der Waals surface area contributed by atoms with Crippen LogP contribution in [0.1, 0.15) is 17.5 Å². The summed E-state index contributed by atoms with van der Waals surface area (Å²) >= 11 is 6.65. The summed E-state index contributed by atoms with van der Waals surface area (Å²) in [6, 6.07) is 24.4. The van der Waals surface area contributed by atoms with Crippen molar-refractivity contribution >= 4 is 43.9 Å². The Kier molecular flexibility index (Phi) is 7.46. The number of aromatic nitrogens is 1. The summed E-state index contributed by atoms with van der Waals surface area (Å²) in [6.07, 6.45) is 2.61. The van der Waals surface area contributed by atoms with Crippen molar-refractivity contribution in [1.29, 1.82) is 0 Å². The number of para-hydroxylation sites is 1. The molecule has 1 aliphatic heterocycles. The van der Waals surface area contributed by atoms with E-state index in [9.17, 15) is 8.42 Å². The highest BCUT2D eigenvalue weighted by atomic mass is 35.5. The maximum absolute atomic E-state index is 13.2. The van der Waals surface area contributed by atoms with Gasteiger partial charge in [-0.1, -0.05) is 66.7 Å². The van der Waals surface area contributed by atoms with Crippen LogP contribution in [0.5, 0.6) is 0 Å². The van der Waals surface area contributed by atoms with Gasteiger partial charge in [0.1, 0.15) is 4.90 Å². The van der Waals surface area contributed by atoms with Gasteiger partial charge in [-0.15, -0.1) is 0 Å². The van der Waals surface area contributed by atoms with E-state index in [2.05, 4.69) is 50.4 Å². The minimum Gasteiger partial charge on any atom is -0.370 e. The fourth-order valence-corrected chi connectivity index (χ4v) is 6.25. The number of nitrogens with one attached hydrogen (secondary N) is 1. The van der Waals surface area contributed by atoms with Gasteiger partial charge >= 0.3 is 0 Å². The number of rotatable bonds is 7. The molecule has 2 heterocycles. The van der Waals surface area contributed by atoms with E-state index in [0.717, 1.165) is 55.8 Å². The quantitative estimate of drug-likeness (QED) is 0.322. The minimum atomic E-state index is -3.86. The second-order valence-electron chi connectivity index (χ2n) is 9.18. The lowest BCUT2D eigenvalue weighted by Gasteiger charge is -2.26. The molecule has 8 heteroatoms. The van der Waals surface area contributed by atoms with E-state index in [1.807, 2.05) is 24.3 Å². The molecule has 0 spiro atoms. The van der Waals surface area contributed by atoms with Crippen molar-refractivity contribution in [2.24, 2.45) is 0 Å². The van der Waals surface area contributed by atoms with Crippen LogP contribution in [0.2, 0.25) is 5.02 Å². The Hall–Kier alpha value is -3.39. The predicted molar refractivity (Wildman–Crippen MR) is 151 cm³/mol. The van der Waals surface area contributed by atoms with E-state index in [1.165, 1.54) is 5.56 Å². The smallest absolute Gasteiger partial charge is 0.264 e. The second-order valence-corrected chi connectivity index (χ2v) is 11.2. The first-order chi connectivity index (χ1) is 17.9. The molecule has 0 aliphatic carbocycles. The zero-order valence-corrected chi connectivity index (χ0v) is 22.0. The Morgan fingerprint density at radius 3 is 2.57 bits per heavy atom. The molecule has 37 heavy (non-hydrogen) atoms. The summed E-state index contributed by atoms with van der Waals surface area (Å²) < 4.78 is 29.0. The van der Waals surface area contributed by atoms with Gasteiger partial charge < -0.3 is 4.90 Å². The Balaban J connectivity index is 1.28. The molecule has 4 aromatic rings. The van der Waals surface area contributed by atoms with Gasteiger partial charge in [0.2, 0.25) is 0 Å². The third-order valence-corrected chi connectivity index (χ3v) is 8.36. The third-order valence-electron chi connectivity index (χ3n) is 6.64. The first-order valence-electron chi connectivity index (χ1n) is 12.3. The zero-order valence-electron chi connectivity index (χ0n) is 20.5. The van der Waals surface area contributed by atoms with Gasteiger partial charge in [0.15, 0.2) is 0 Å². The van der Waals surface area contributed by atoms with E-state index in [0.29, 0.717) is 16.2 Å². The monoisotopic (exact) mass is 532 g/mol. The molecule has 1 N–H and O–H groups in total. The summed E-state index contributed by atoms with van der Waals surface area (Å²) in [7, 11) is -3.86. The molecule has 1 fully saturated rings. The number of hydrogen-bond acceptors (Lipinski definition) is 5. The van der Waals surface area contributed by atoms with Crippen molar-refractivity contribution in [3.05, 3.63) is 108 Å². The standard InChI is InChI=1S/C29H29ClN4O2S/c1-22(34-17-7-16-33(18-19-34)21-23-8-3-2-4-9-23)26-14-13-25(20-27(26)30)32-37(35,36)28-12-5-10-24-11-6-15-31-29(24)28/h2-6,8-15,20,32H,1,7,16-19,21H2. The van der Waals surface area contributed by atoms with Crippen molar-refractivity contribution in [3.63, 3.8) is 0 Å². The van der Waals surface area contributed by atoms with Gasteiger partial charge in [-0.2, -0.15) is 0 Å². The molecule has 0 amide bonds. The van der Waals surface area contributed by atoms with Crippen LogP contribution in [0.25, 0.3) is 16.6 Å². The third kappa shape index (κ3) is 5.80. The molecule has 1 saturated heterocycles. The number of fused-ring (bicyclic) bond motifs is 1. The summed E-state index contributed by atoms with van der Waals surface area (Å²) in [5.74, 6) is 0. The fourth-order valence-electron chi connectivity index (χ4n) is 4.73. The second kappa shape index (κ2) is 10.9. The SMILES string of the molecule is C=C(c1ccc(NS(=O)(=O)c2cccc3cccnc23)cc1Cl)N1CCCN(Cc2ccccc2)CC1. The van der Waals surface area contributed by atoms with E-state index in [4.69, 9.17) is 11.6 Å². The first kappa shape index (κ1) is 25.3. The summed E-state index contributed by atoms with van der Waals surface area (Å²) in [6.45, 7) is 8.96. The van der Waals surface area contributed by atoms with Crippen LogP contribution < -0.4 is 4.72 Å². The lowest BCUT2D eigenvalue weighted by atomic mass is 10.1. The first-order valence-corrected chi connectivity index (χ1v) is 14.1. The number of pyridine rings is 1. The average Bonchev–Trinajstić information content (AvgIpc) is 3.14. The van der Waals surface area contributed by atoms with Gasteiger partial charge in [-0.05, 0) is 42.3 Å². The number of benzene rings is 3. The summed E-state index contributed by atoms with van der Waals surface area (Å²) in [4.78, 5) is 9.12. The van der Waals surface area contributed by atoms with Crippen LogP contribution in [0.3, 0.4) is 0 Å². The molecule has 0 radical (unpaired) electrons. The van der Waals surface area contributed by atoms with Crippen LogP contribution in [0.4, 0.5) is 5.69 Å². The molecule has 5 rings (SSSR count). The number of anilines is 1. The van der Waals surface area contributed by atoms with Crippen LogP contribution in [-0.4, -0.2) is 49.4 Å². The van der Waals surface area contributed by atoms with Crippen LogP contribution in [0, 0.1) is 0 Å². The highest BCUT2D eigenvalue weighted by molar-refractivity contribution is 7.93. The molecule has 1 aliphatic rings. The van der Waals surface area contributed by atoms with Crippen molar-refractivity contribution in [3.8, 4) is 0 Å². The van der Waals surface area contributed by atoms with E-state index < -0.39 is 10.0 Å². The number of nitrogens with zero attached hydrogens (tertiary/aromatic N) is 3. The minimum absolute atomic E-state index is 0.125. The summed E-state index contributed by atoms with van der Waals surface area (Å²) in [5, 5.41) is 1.21. The van der Waals surface area contributed by atoms with Crippen molar-refractivity contribution < 1.29 is 8.42 Å². The molecule has 0 saturated carbocycles. The lowest BCUT2D eigenvalue weighted by Crippen LogP contribution is -2.29. The van der Waals surface area contributed by atoms with Gasteiger partial charge in [0.25, 0.3) is 10.0 Å². The van der Waals surface area contributed by atoms with Gasteiger partial charge in [0, 0.05) is 55.6 Å². The number of halogens is 1. The van der Waals surface area contributed by atoms with Gasteiger partial charge in [-0.3, -0.25) is 14.6 Å². The topological polar surface area (TPSA) is 65.5 Å². The predicted octanol–water partition coefficient (Wildman–Crippen LogP) is 5.87. The molecule has 1 aromatic heterocycles. The highest BCUT2D eigenvalue weighted by Gasteiger charge is 2.21. The molecular weight excluding hydrogens is 504 g/mol. The Bertz CT molecular complexity index is 1520.